The number of allylic oxidation sites excluding steroid dienone is 2. The number of hydrogen-bond acceptors (Lipinski definition) is 5. The molecule has 0 spiro atoms. The third-order valence-corrected chi connectivity index (χ3v) is 14.6. The van der Waals surface area contributed by atoms with Gasteiger partial charge in [-0.05, 0) is 51.4 Å². The topological polar surface area (TPSA) is 95.9 Å². The number of carbonyl (C=O) groups excluding carboxylic acids is 2. The third-order valence-electron chi connectivity index (χ3n) is 14.6. The van der Waals surface area contributed by atoms with Gasteiger partial charge in [-0.1, -0.05) is 296 Å². The Morgan fingerprint density at radius 1 is 0.397 bits per heavy atom. The number of unbranched alkanes of at least 4 members (excludes halogenated alkanes) is 45. The van der Waals surface area contributed by atoms with Crippen LogP contribution in [0.25, 0.3) is 0 Å². The van der Waals surface area contributed by atoms with Crippen LogP contribution in [0.3, 0.4) is 0 Å². The predicted molar refractivity (Wildman–Crippen MR) is 297 cm³/mol. The smallest absolute Gasteiger partial charge is 0.305 e. The van der Waals surface area contributed by atoms with Gasteiger partial charge in [0.15, 0.2) is 0 Å². The van der Waals surface area contributed by atoms with Crippen LogP contribution in [0.1, 0.15) is 348 Å². The van der Waals surface area contributed by atoms with Gasteiger partial charge in [-0.25, -0.2) is 0 Å². The SMILES string of the molecule is CCCCCCCCCCCCCCCCCCCCC(O)C(CO)NC(=O)CCCCCCCCC/C=C\CCCCCCCCCCCCCOC(=O)CCCCCCCCCCCCC. The fourth-order valence-electron chi connectivity index (χ4n) is 9.81. The molecular weight excluding hydrogens is 839 g/mol. The minimum Gasteiger partial charge on any atom is -0.466 e. The number of ether oxygens (including phenoxy) is 1. The van der Waals surface area contributed by atoms with Crippen LogP contribution in [0, 0.1) is 0 Å². The summed E-state index contributed by atoms with van der Waals surface area (Å²) in [6.45, 7) is 4.97. The first-order valence-corrected chi connectivity index (χ1v) is 30.9. The van der Waals surface area contributed by atoms with Crippen molar-refractivity contribution in [2.24, 2.45) is 0 Å². The van der Waals surface area contributed by atoms with E-state index in [1.807, 2.05) is 0 Å². The van der Waals surface area contributed by atoms with Crippen molar-refractivity contribution in [3.05, 3.63) is 12.2 Å². The van der Waals surface area contributed by atoms with Crippen LogP contribution in [0.2, 0.25) is 0 Å². The maximum atomic E-state index is 12.5. The number of amides is 1. The number of hydrogen-bond donors (Lipinski definition) is 3. The van der Waals surface area contributed by atoms with Crippen LogP contribution in [-0.2, 0) is 14.3 Å². The van der Waals surface area contributed by atoms with Gasteiger partial charge < -0.3 is 20.3 Å². The number of esters is 1. The van der Waals surface area contributed by atoms with E-state index in [0.29, 0.717) is 25.9 Å². The Balaban J connectivity index is 3.42. The lowest BCUT2D eigenvalue weighted by molar-refractivity contribution is -0.143. The molecule has 0 rings (SSSR count). The van der Waals surface area contributed by atoms with Crippen molar-refractivity contribution >= 4 is 11.9 Å². The summed E-state index contributed by atoms with van der Waals surface area (Å²) in [5.41, 5.74) is 0. The van der Waals surface area contributed by atoms with Crippen molar-refractivity contribution in [2.45, 2.75) is 360 Å². The molecular formula is C62H121NO5. The minimum atomic E-state index is -0.668. The summed E-state index contributed by atoms with van der Waals surface area (Å²) in [5.74, 6) is -0.0284. The van der Waals surface area contributed by atoms with E-state index in [4.69, 9.17) is 4.74 Å². The van der Waals surface area contributed by atoms with Crippen molar-refractivity contribution < 1.29 is 24.5 Å². The van der Waals surface area contributed by atoms with Gasteiger partial charge in [-0.2, -0.15) is 0 Å². The van der Waals surface area contributed by atoms with Crippen molar-refractivity contribution in [1.29, 1.82) is 0 Å². The molecule has 0 aliphatic heterocycles. The van der Waals surface area contributed by atoms with Gasteiger partial charge in [0.2, 0.25) is 5.91 Å². The van der Waals surface area contributed by atoms with Crippen LogP contribution in [0.5, 0.6) is 0 Å². The molecule has 0 heterocycles. The molecule has 3 N–H and O–H groups in total. The van der Waals surface area contributed by atoms with E-state index in [2.05, 4.69) is 31.3 Å². The Morgan fingerprint density at radius 3 is 1.04 bits per heavy atom. The van der Waals surface area contributed by atoms with E-state index in [0.717, 1.165) is 38.5 Å². The van der Waals surface area contributed by atoms with E-state index in [-0.39, 0.29) is 18.5 Å². The third kappa shape index (κ3) is 53.9. The minimum absolute atomic E-state index is 0.0103. The summed E-state index contributed by atoms with van der Waals surface area (Å²) in [5, 5.41) is 23.3. The maximum absolute atomic E-state index is 12.5. The summed E-state index contributed by atoms with van der Waals surface area (Å²) < 4.78 is 5.46. The van der Waals surface area contributed by atoms with Crippen LogP contribution < -0.4 is 5.32 Å². The van der Waals surface area contributed by atoms with Gasteiger partial charge in [0, 0.05) is 12.8 Å². The first-order valence-electron chi connectivity index (χ1n) is 30.9. The molecule has 68 heavy (non-hydrogen) atoms. The molecule has 2 unspecified atom stereocenters. The van der Waals surface area contributed by atoms with E-state index in [1.54, 1.807) is 0 Å². The van der Waals surface area contributed by atoms with Crippen molar-refractivity contribution in [3.8, 4) is 0 Å². The molecule has 0 aromatic heterocycles. The standard InChI is InChI=1S/C62H121NO5/c1-3-5-7-9-11-13-15-16-17-18-25-28-31-35-38-42-46-50-54-60(65)59(58-64)63-61(66)55-51-47-43-39-36-32-29-26-23-21-19-20-22-24-27-30-33-37-41-45-49-53-57-68-62(67)56-52-48-44-40-34-14-12-10-8-6-4-2/h21,23,59-60,64-65H,3-20,22,24-58H2,1-2H3,(H,63,66)/b23-21-. The van der Waals surface area contributed by atoms with Gasteiger partial charge in [-0.15, -0.1) is 0 Å². The fourth-order valence-corrected chi connectivity index (χ4v) is 9.81. The maximum Gasteiger partial charge on any atom is 0.305 e. The average molecular weight is 961 g/mol. The Hall–Kier alpha value is -1.40. The molecule has 0 aromatic carbocycles. The lowest BCUT2D eigenvalue weighted by atomic mass is 10.0. The molecule has 0 fully saturated rings. The van der Waals surface area contributed by atoms with Crippen LogP contribution >= 0.6 is 0 Å². The van der Waals surface area contributed by atoms with Gasteiger partial charge in [0.1, 0.15) is 0 Å². The molecule has 0 aliphatic rings. The number of carbonyl (C=O) groups is 2. The van der Waals surface area contributed by atoms with Crippen LogP contribution in [-0.4, -0.2) is 47.4 Å². The second kappa shape index (κ2) is 58.2. The second-order valence-electron chi connectivity index (χ2n) is 21.4. The second-order valence-corrected chi connectivity index (χ2v) is 21.4. The van der Waals surface area contributed by atoms with Gasteiger partial charge >= 0.3 is 5.97 Å². The average Bonchev–Trinajstić information content (AvgIpc) is 3.34. The number of rotatable bonds is 58. The van der Waals surface area contributed by atoms with E-state index < -0.39 is 12.1 Å². The Morgan fingerprint density at radius 2 is 0.691 bits per heavy atom. The molecule has 0 aromatic rings. The number of aliphatic hydroxyl groups excluding tert-OH is 2. The highest BCUT2D eigenvalue weighted by Crippen LogP contribution is 2.18. The fraction of sp³-hybridized carbons (Fsp3) is 0.935. The summed E-state index contributed by atoms with van der Waals surface area (Å²) in [4.78, 5) is 24.5. The molecule has 6 heteroatoms. The van der Waals surface area contributed by atoms with E-state index in [9.17, 15) is 19.8 Å². The summed E-state index contributed by atoms with van der Waals surface area (Å²) in [6, 6.07) is -0.546. The molecule has 0 aliphatic carbocycles. The molecule has 0 saturated heterocycles. The quantitative estimate of drug-likeness (QED) is 0.0321. The Bertz CT molecular complexity index is 1020. The monoisotopic (exact) mass is 960 g/mol. The first kappa shape index (κ1) is 66.6. The zero-order valence-corrected chi connectivity index (χ0v) is 46.1. The van der Waals surface area contributed by atoms with Gasteiger partial charge in [-0.3, -0.25) is 9.59 Å². The normalized spacial score (nSPS) is 12.6. The lowest BCUT2D eigenvalue weighted by Crippen LogP contribution is -2.45. The Labute approximate surface area is 425 Å². The first-order chi connectivity index (χ1) is 33.5. The van der Waals surface area contributed by atoms with Crippen LogP contribution in [0.4, 0.5) is 0 Å². The van der Waals surface area contributed by atoms with Gasteiger partial charge in [0.25, 0.3) is 0 Å². The highest BCUT2D eigenvalue weighted by Gasteiger charge is 2.20. The molecule has 0 bridgehead atoms. The molecule has 0 saturated carbocycles. The van der Waals surface area contributed by atoms with Crippen molar-refractivity contribution in [1.82, 2.24) is 5.32 Å². The Kier molecular flexibility index (Phi) is 57.0. The number of nitrogens with one attached hydrogen (secondary N) is 1. The highest BCUT2D eigenvalue weighted by atomic mass is 16.5. The van der Waals surface area contributed by atoms with E-state index in [1.165, 1.54) is 276 Å². The van der Waals surface area contributed by atoms with Gasteiger partial charge in [0.05, 0.1) is 25.4 Å². The summed E-state index contributed by atoms with van der Waals surface area (Å²) in [7, 11) is 0. The van der Waals surface area contributed by atoms with Crippen molar-refractivity contribution in [3.63, 3.8) is 0 Å². The van der Waals surface area contributed by atoms with Crippen LogP contribution in [0.15, 0.2) is 12.2 Å². The zero-order valence-electron chi connectivity index (χ0n) is 46.1. The zero-order chi connectivity index (χ0) is 49.3. The van der Waals surface area contributed by atoms with E-state index >= 15 is 0 Å². The largest absolute Gasteiger partial charge is 0.466 e. The summed E-state index contributed by atoms with van der Waals surface area (Å²) >= 11 is 0. The summed E-state index contributed by atoms with van der Waals surface area (Å²) in [6.07, 6.45) is 69.3. The number of aliphatic hydroxyl groups is 2. The predicted octanol–water partition coefficient (Wildman–Crippen LogP) is 19.2. The molecule has 1 amide bonds. The lowest BCUT2D eigenvalue weighted by Gasteiger charge is -2.22. The molecule has 6 nitrogen and oxygen atoms in total. The highest BCUT2D eigenvalue weighted by molar-refractivity contribution is 5.76. The molecule has 0 radical (unpaired) electrons. The van der Waals surface area contributed by atoms with Crippen molar-refractivity contribution in [2.75, 3.05) is 13.2 Å². The molecule has 404 valence electrons. The molecule has 2 atom stereocenters.